The quantitative estimate of drug-likeness (QED) is 0.360. The van der Waals surface area contributed by atoms with Crippen LogP contribution in [0.25, 0.3) is 21.4 Å². The van der Waals surface area contributed by atoms with Gasteiger partial charge in [-0.25, -0.2) is 4.79 Å². The lowest BCUT2D eigenvalue weighted by molar-refractivity contribution is 0.103. The first-order chi connectivity index (χ1) is 12.1. The maximum Gasteiger partial charge on any atom is 0.348 e. The second-order valence-corrected chi connectivity index (χ2v) is 6.84. The fourth-order valence-electron chi connectivity index (χ4n) is 2.79. The van der Waals surface area contributed by atoms with Crippen LogP contribution in [0.5, 0.6) is 0 Å². The highest BCUT2D eigenvalue weighted by atomic mass is 35.5. The summed E-state index contributed by atoms with van der Waals surface area (Å²) in [5.41, 5.74) is 0.796. The summed E-state index contributed by atoms with van der Waals surface area (Å²) in [5.74, 6) is -0.361. The first-order valence-corrected chi connectivity index (χ1v) is 8.81. The Balaban J connectivity index is 2.10. The van der Waals surface area contributed by atoms with E-state index in [0.717, 1.165) is 4.88 Å². The molecule has 0 aliphatic rings. The highest BCUT2D eigenvalue weighted by molar-refractivity contribution is 7.13. The van der Waals surface area contributed by atoms with E-state index in [2.05, 4.69) is 0 Å². The molecule has 0 radical (unpaired) electrons. The number of fused-ring (bicyclic) bond motifs is 1. The zero-order valence-electron chi connectivity index (χ0n) is 12.9. The van der Waals surface area contributed by atoms with Crippen LogP contribution in [0.1, 0.15) is 15.9 Å². The van der Waals surface area contributed by atoms with Crippen molar-refractivity contribution in [2.24, 2.45) is 0 Å². The summed E-state index contributed by atoms with van der Waals surface area (Å²) in [6, 6.07) is 17.5. The fourth-order valence-corrected chi connectivity index (χ4v) is 3.75. The molecule has 0 N–H and O–H groups in total. The van der Waals surface area contributed by atoms with Gasteiger partial charge in [0.1, 0.15) is 11.1 Å². The Morgan fingerprint density at radius 1 is 1.00 bits per heavy atom. The third kappa shape index (κ3) is 2.80. The van der Waals surface area contributed by atoms with Crippen molar-refractivity contribution in [3.05, 3.63) is 92.6 Å². The normalized spacial score (nSPS) is 10.9. The van der Waals surface area contributed by atoms with Gasteiger partial charge < -0.3 is 4.42 Å². The van der Waals surface area contributed by atoms with Gasteiger partial charge in [0.15, 0.2) is 0 Å². The zero-order chi connectivity index (χ0) is 17.4. The molecule has 2 aromatic carbocycles. The summed E-state index contributed by atoms with van der Waals surface area (Å²) in [7, 11) is 0. The van der Waals surface area contributed by atoms with Crippen molar-refractivity contribution in [1.82, 2.24) is 0 Å². The predicted octanol–water partition coefficient (Wildman–Crippen LogP) is 5.41. The van der Waals surface area contributed by atoms with E-state index in [1.54, 1.807) is 42.5 Å². The van der Waals surface area contributed by atoms with Gasteiger partial charge in [-0.2, -0.15) is 0 Å². The number of benzene rings is 2. The summed E-state index contributed by atoms with van der Waals surface area (Å²) < 4.78 is 5.40. The number of rotatable bonds is 3. The first-order valence-electron chi connectivity index (χ1n) is 7.55. The van der Waals surface area contributed by atoms with Gasteiger partial charge in [-0.1, -0.05) is 48.0 Å². The lowest BCUT2D eigenvalue weighted by Crippen LogP contribution is -2.17. The highest BCUT2D eigenvalue weighted by Gasteiger charge is 2.24. The molecule has 0 aliphatic heterocycles. The molecule has 2 heterocycles. The zero-order valence-corrected chi connectivity index (χ0v) is 14.4. The Morgan fingerprint density at radius 2 is 1.80 bits per heavy atom. The standard InChI is InChI=1S/C20H11ClO3S/c21-13-8-9-15-14(11-13)17(16-7-4-10-25-16)18(20(23)24-15)19(22)12-5-2-1-3-6-12/h1-11H. The summed E-state index contributed by atoms with van der Waals surface area (Å²) in [4.78, 5) is 26.5. The number of ketones is 1. The van der Waals surface area contributed by atoms with Crippen molar-refractivity contribution >= 4 is 39.7 Å². The lowest BCUT2D eigenvalue weighted by atomic mass is 9.96. The first kappa shape index (κ1) is 15.8. The van der Waals surface area contributed by atoms with E-state index >= 15 is 0 Å². The van der Waals surface area contributed by atoms with E-state index in [9.17, 15) is 9.59 Å². The fraction of sp³-hybridized carbons (Fsp3) is 0. The van der Waals surface area contributed by atoms with Gasteiger partial charge >= 0.3 is 5.63 Å². The largest absolute Gasteiger partial charge is 0.422 e. The number of carbonyl (C=O) groups is 1. The summed E-state index contributed by atoms with van der Waals surface area (Å²) in [6.07, 6.45) is 0. The maximum atomic E-state index is 13.0. The Bertz CT molecular complexity index is 1130. The SMILES string of the molecule is O=C(c1ccccc1)c1c(-c2cccs2)c2cc(Cl)ccc2oc1=O. The van der Waals surface area contributed by atoms with E-state index in [1.165, 1.54) is 11.3 Å². The van der Waals surface area contributed by atoms with Gasteiger partial charge in [0.25, 0.3) is 0 Å². The maximum absolute atomic E-state index is 13.0. The van der Waals surface area contributed by atoms with E-state index in [1.807, 2.05) is 23.6 Å². The second-order valence-electron chi connectivity index (χ2n) is 5.45. The van der Waals surface area contributed by atoms with Crippen LogP contribution in [0.4, 0.5) is 0 Å². The van der Waals surface area contributed by atoms with Gasteiger partial charge in [-0.05, 0) is 29.6 Å². The smallest absolute Gasteiger partial charge is 0.348 e. The molecular formula is C20H11ClO3S. The summed E-state index contributed by atoms with van der Waals surface area (Å²) >= 11 is 7.60. The van der Waals surface area contributed by atoms with Crippen LogP contribution in [0, 0.1) is 0 Å². The van der Waals surface area contributed by atoms with Gasteiger partial charge in [0.2, 0.25) is 5.78 Å². The van der Waals surface area contributed by atoms with Crippen LogP contribution < -0.4 is 5.63 Å². The minimum atomic E-state index is -0.646. The molecule has 0 spiro atoms. The molecule has 5 heteroatoms. The van der Waals surface area contributed by atoms with Gasteiger partial charge in [0, 0.05) is 26.4 Å². The average molecular weight is 367 g/mol. The number of thiophene rings is 1. The van der Waals surface area contributed by atoms with Crippen molar-refractivity contribution in [3.63, 3.8) is 0 Å². The minimum absolute atomic E-state index is 0.0309. The summed E-state index contributed by atoms with van der Waals surface area (Å²) in [5, 5.41) is 3.06. The lowest BCUT2D eigenvalue weighted by Gasteiger charge is -2.10. The van der Waals surface area contributed by atoms with Crippen molar-refractivity contribution in [2.45, 2.75) is 0 Å². The molecule has 4 aromatic rings. The van der Waals surface area contributed by atoms with Gasteiger partial charge in [-0.3, -0.25) is 4.79 Å². The number of hydrogen-bond donors (Lipinski definition) is 0. The molecule has 0 fully saturated rings. The van der Waals surface area contributed by atoms with Gasteiger partial charge in [0.05, 0.1) is 0 Å². The molecule has 0 unspecified atom stereocenters. The number of carbonyl (C=O) groups excluding carboxylic acids is 1. The molecule has 4 rings (SSSR count). The Hall–Kier alpha value is -2.69. The van der Waals surface area contributed by atoms with Crippen LogP contribution in [0.2, 0.25) is 5.02 Å². The minimum Gasteiger partial charge on any atom is -0.422 e. The Kier molecular flexibility index (Phi) is 3.99. The molecular weight excluding hydrogens is 356 g/mol. The van der Waals surface area contributed by atoms with Crippen molar-refractivity contribution in [3.8, 4) is 10.4 Å². The monoisotopic (exact) mass is 366 g/mol. The topological polar surface area (TPSA) is 47.3 Å². The molecule has 2 aromatic heterocycles. The summed E-state index contributed by atoms with van der Waals surface area (Å²) in [6.45, 7) is 0. The van der Waals surface area contributed by atoms with Crippen LogP contribution in [0.15, 0.2) is 75.3 Å². The molecule has 0 amide bonds. The molecule has 122 valence electrons. The predicted molar refractivity (Wildman–Crippen MR) is 101 cm³/mol. The van der Waals surface area contributed by atoms with E-state index in [0.29, 0.717) is 27.1 Å². The van der Waals surface area contributed by atoms with Crippen LogP contribution in [-0.4, -0.2) is 5.78 Å². The van der Waals surface area contributed by atoms with Crippen molar-refractivity contribution in [1.29, 1.82) is 0 Å². The van der Waals surface area contributed by atoms with Gasteiger partial charge in [-0.15, -0.1) is 11.3 Å². The number of hydrogen-bond acceptors (Lipinski definition) is 4. The highest BCUT2D eigenvalue weighted by Crippen LogP contribution is 2.35. The van der Waals surface area contributed by atoms with E-state index in [4.69, 9.17) is 16.0 Å². The third-order valence-corrected chi connectivity index (χ3v) is 5.02. The van der Waals surface area contributed by atoms with Crippen LogP contribution in [-0.2, 0) is 0 Å². The second kappa shape index (κ2) is 6.31. The van der Waals surface area contributed by atoms with E-state index in [-0.39, 0.29) is 11.3 Å². The third-order valence-electron chi connectivity index (χ3n) is 3.90. The molecule has 0 saturated carbocycles. The Labute approximate surface area is 152 Å². The van der Waals surface area contributed by atoms with E-state index < -0.39 is 5.63 Å². The molecule has 3 nitrogen and oxygen atoms in total. The van der Waals surface area contributed by atoms with Crippen molar-refractivity contribution in [2.75, 3.05) is 0 Å². The average Bonchev–Trinajstić information content (AvgIpc) is 3.15. The molecule has 0 aliphatic carbocycles. The Morgan fingerprint density at radius 3 is 2.52 bits per heavy atom. The van der Waals surface area contributed by atoms with Crippen molar-refractivity contribution < 1.29 is 9.21 Å². The molecule has 0 bridgehead atoms. The van der Waals surface area contributed by atoms with Crippen LogP contribution >= 0.6 is 22.9 Å². The number of halogens is 1. The molecule has 25 heavy (non-hydrogen) atoms. The van der Waals surface area contributed by atoms with Crippen LogP contribution in [0.3, 0.4) is 0 Å². The molecule has 0 saturated heterocycles. The molecule has 0 atom stereocenters.